The number of benzene rings is 3. The molecule has 0 saturated carbocycles. The third-order valence-corrected chi connectivity index (χ3v) is 7.40. The van der Waals surface area contributed by atoms with E-state index in [1.807, 2.05) is 31.2 Å². The highest BCUT2D eigenvalue weighted by Crippen LogP contribution is 2.36. The predicted octanol–water partition coefficient (Wildman–Crippen LogP) is 6.89. The summed E-state index contributed by atoms with van der Waals surface area (Å²) < 4.78 is 5.71. The average molecular weight is 590 g/mol. The van der Waals surface area contributed by atoms with Gasteiger partial charge in [0.1, 0.15) is 11.5 Å². The zero-order valence-electron chi connectivity index (χ0n) is 25.7. The molecule has 0 aliphatic heterocycles. The Labute approximate surface area is 255 Å². The summed E-state index contributed by atoms with van der Waals surface area (Å²) in [6.45, 7) is 4.70. The minimum absolute atomic E-state index is 0.0347. The summed E-state index contributed by atoms with van der Waals surface area (Å²) >= 11 is 0. The van der Waals surface area contributed by atoms with Gasteiger partial charge in [-0.15, -0.1) is 0 Å². The SMILES string of the molecule is CCCCCCCCCCCC(=O)Nc1ccc(CCNC(=O)c2cc(OCC(=O)NCC)c3ccccc3c2O)cc1. The van der Waals surface area contributed by atoms with E-state index in [2.05, 4.69) is 22.9 Å². The van der Waals surface area contributed by atoms with Gasteiger partial charge in [-0.3, -0.25) is 14.4 Å². The molecule has 3 amide bonds. The third-order valence-electron chi connectivity index (χ3n) is 7.40. The number of likely N-dealkylation sites (N-methyl/N-ethyl adjacent to an activating group) is 1. The molecule has 3 aromatic carbocycles. The molecule has 8 heteroatoms. The van der Waals surface area contributed by atoms with Crippen LogP contribution < -0.4 is 20.7 Å². The van der Waals surface area contributed by atoms with Gasteiger partial charge in [-0.2, -0.15) is 0 Å². The van der Waals surface area contributed by atoms with Crippen molar-refractivity contribution in [2.24, 2.45) is 0 Å². The van der Waals surface area contributed by atoms with Gasteiger partial charge in [-0.25, -0.2) is 0 Å². The lowest BCUT2D eigenvalue weighted by atomic mass is 10.0. The van der Waals surface area contributed by atoms with Crippen molar-refractivity contribution in [2.45, 2.75) is 84.5 Å². The Bertz CT molecular complexity index is 1320. The Balaban J connectivity index is 1.44. The molecule has 4 N–H and O–H groups in total. The second kappa shape index (κ2) is 18.5. The number of rotatable bonds is 19. The van der Waals surface area contributed by atoms with Crippen LogP contribution in [0.5, 0.6) is 11.5 Å². The van der Waals surface area contributed by atoms with E-state index >= 15 is 0 Å². The van der Waals surface area contributed by atoms with Crippen molar-refractivity contribution in [3.8, 4) is 11.5 Å². The Morgan fingerprint density at radius 1 is 0.767 bits per heavy atom. The quantitative estimate of drug-likeness (QED) is 0.114. The molecule has 43 heavy (non-hydrogen) atoms. The number of anilines is 1. The number of unbranched alkanes of at least 4 members (excludes halogenated alkanes) is 8. The highest BCUT2D eigenvalue weighted by atomic mass is 16.5. The molecule has 0 heterocycles. The standard InChI is InChI=1S/C35H47N3O5/c1-3-5-6-7-8-9-10-11-12-17-32(39)38-27-20-18-26(19-21-27)22-23-37-35(42)30-24-31(43-25-33(40)36-4-2)28-15-13-14-16-29(28)34(30)41/h13-16,18-21,24,41H,3-12,17,22-23,25H2,1-2H3,(H,36,40)(H,37,42)(H,38,39). The zero-order valence-corrected chi connectivity index (χ0v) is 25.7. The largest absolute Gasteiger partial charge is 0.506 e. The summed E-state index contributed by atoms with van der Waals surface area (Å²) in [5.41, 5.74) is 1.84. The van der Waals surface area contributed by atoms with Crippen LogP contribution in [0.1, 0.15) is 94.0 Å². The topological polar surface area (TPSA) is 117 Å². The maximum absolute atomic E-state index is 13.0. The molecular weight excluding hydrogens is 542 g/mol. The second-order valence-electron chi connectivity index (χ2n) is 10.9. The smallest absolute Gasteiger partial charge is 0.257 e. The fourth-order valence-corrected chi connectivity index (χ4v) is 5.00. The number of carbonyl (C=O) groups is 3. The lowest BCUT2D eigenvalue weighted by Gasteiger charge is -2.14. The number of aromatic hydroxyl groups is 1. The van der Waals surface area contributed by atoms with E-state index in [9.17, 15) is 19.5 Å². The molecule has 0 unspecified atom stereocenters. The number of carbonyl (C=O) groups excluding carboxylic acids is 3. The average Bonchev–Trinajstić information content (AvgIpc) is 3.01. The maximum Gasteiger partial charge on any atom is 0.257 e. The van der Waals surface area contributed by atoms with Crippen LogP contribution in [-0.2, 0) is 16.0 Å². The Morgan fingerprint density at radius 3 is 2.09 bits per heavy atom. The number of ether oxygens (including phenoxy) is 1. The monoisotopic (exact) mass is 589 g/mol. The van der Waals surface area contributed by atoms with Gasteiger partial charge in [0.15, 0.2) is 6.61 Å². The van der Waals surface area contributed by atoms with Crippen LogP contribution in [0.4, 0.5) is 5.69 Å². The van der Waals surface area contributed by atoms with Crippen LogP contribution in [0.15, 0.2) is 54.6 Å². The van der Waals surface area contributed by atoms with Crippen molar-refractivity contribution >= 4 is 34.2 Å². The first-order valence-corrected chi connectivity index (χ1v) is 15.7. The normalized spacial score (nSPS) is 10.8. The molecule has 0 aliphatic carbocycles. The molecule has 0 saturated heterocycles. The maximum atomic E-state index is 13.0. The number of hydrogen-bond donors (Lipinski definition) is 4. The molecule has 0 radical (unpaired) electrons. The van der Waals surface area contributed by atoms with Gasteiger partial charge in [-0.05, 0) is 43.5 Å². The minimum atomic E-state index is -0.438. The Morgan fingerprint density at radius 2 is 1.42 bits per heavy atom. The number of amides is 3. The molecule has 0 spiro atoms. The summed E-state index contributed by atoms with van der Waals surface area (Å²) in [7, 11) is 0. The molecule has 0 bridgehead atoms. The van der Waals surface area contributed by atoms with Crippen molar-refractivity contribution in [3.05, 3.63) is 65.7 Å². The van der Waals surface area contributed by atoms with E-state index in [1.54, 1.807) is 24.3 Å². The van der Waals surface area contributed by atoms with Crippen molar-refractivity contribution < 1.29 is 24.2 Å². The van der Waals surface area contributed by atoms with Gasteiger partial charge in [0.25, 0.3) is 11.8 Å². The molecule has 0 aromatic heterocycles. The van der Waals surface area contributed by atoms with E-state index in [0.29, 0.717) is 42.5 Å². The summed E-state index contributed by atoms with van der Waals surface area (Å²) in [5.74, 6) is -0.463. The highest BCUT2D eigenvalue weighted by Gasteiger charge is 2.18. The van der Waals surface area contributed by atoms with Gasteiger partial charge in [-0.1, -0.05) is 94.7 Å². The van der Waals surface area contributed by atoms with Crippen molar-refractivity contribution in [1.82, 2.24) is 10.6 Å². The second-order valence-corrected chi connectivity index (χ2v) is 10.9. The fraction of sp³-hybridized carbons (Fsp3) is 0.457. The number of phenols is 1. The molecular formula is C35H47N3O5. The molecule has 3 rings (SSSR count). The van der Waals surface area contributed by atoms with Crippen molar-refractivity contribution in [2.75, 3.05) is 25.0 Å². The van der Waals surface area contributed by atoms with Crippen molar-refractivity contribution in [3.63, 3.8) is 0 Å². The molecule has 0 aliphatic rings. The van der Waals surface area contributed by atoms with Crippen LogP contribution >= 0.6 is 0 Å². The zero-order chi connectivity index (χ0) is 30.9. The third kappa shape index (κ3) is 11.3. The Hall–Kier alpha value is -4.07. The first-order valence-electron chi connectivity index (χ1n) is 15.7. The molecule has 3 aromatic rings. The molecule has 0 fully saturated rings. The van der Waals surface area contributed by atoms with Crippen LogP contribution in [0.3, 0.4) is 0 Å². The van der Waals surface area contributed by atoms with Crippen LogP contribution in [0.25, 0.3) is 10.8 Å². The van der Waals surface area contributed by atoms with Crippen LogP contribution in [0, 0.1) is 0 Å². The van der Waals surface area contributed by atoms with E-state index in [0.717, 1.165) is 24.1 Å². The summed E-state index contributed by atoms with van der Waals surface area (Å²) in [6, 6.07) is 16.1. The molecule has 8 nitrogen and oxygen atoms in total. The fourth-order valence-electron chi connectivity index (χ4n) is 5.00. The van der Waals surface area contributed by atoms with Crippen LogP contribution in [-0.4, -0.2) is 42.5 Å². The number of phenolic OH excluding ortho intramolecular Hbond substituents is 1. The number of hydrogen-bond acceptors (Lipinski definition) is 5. The molecule has 0 atom stereocenters. The first kappa shape index (κ1) is 33.4. The van der Waals surface area contributed by atoms with E-state index < -0.39 is 5.91 Å². The summed E-state index contributed by atoms with van der Waals surface area (Å²) in [4.78, 5) is 37.2. The first-order chi connectivity index (χ1) is 20.9. The van der Waals surface area contributed by atoms with Gasteiger partial charge >= 0.3 is 0 Å². The Kier molecular flexibility index (Phi) is 14.4. The lowest BCUT2D eigenvalue weighted by Crippen LogP contribution is -2.28. The van der Waals surface area contributed by atoms with Crippen molar-refractivity contribution in [1.29, 1.82) is 0 Å². The highest BCUT2D eigenvalue weighted by molar-refractivity contribution is 6.06. The van der Waals surface area contributed by atoms with Gasteiger partial charge in [0.2, 0.25) is 5.91 Å². The van der Waals surface area contributed by atoms with E-state index in [1.165, 1.54) is 51.0 Å². The number of nitrogens with one attached hydrogen (secondary N) is 3. The number of fused-ring (bicyclic) bond motifs is 1. The predicted molar refractivity (Wildman–Crippen MR) is 173 cm³/mol. The minimum Gasteiger partial charge on any atom is -0.506 e. The van der Waals surface area contributed by atoms with Gasteiger partial charge < -0.3 is 25.8 Å². The molecule has 232 valence electrons. The summed E-state index contributed by atoms with van der Waals surface area (Å²) in [5, 5.41) is 20.4. The van der Waals surface area contributed by atoms with Crippen LogP contribution in [0.2, 0.25) is 0 Å². The lowest BCUT2D eigenvalue weighted by molar-refractivity contribution is -0.123. The van der Waals surface area contributed by atoms with E-state index in [-0.39, 0.29) is 29.7 Å². The summed E-state index contributed by atoms with van der Waals surface area (Å²) in [6.07, 6.45) is 12.1. The van der Waals surface area contributed by atoms with Gasteiger partial charge in [0, 0.05) is 36.0 Å². The van der Waals surface area contributed by atoms with Gasteiger partial charge in [0.05, 0.1) is 5.56 Å². The van der Waals surface area contributed by atoms with E-state index in [4.69, 9.17) is 4.74 Å².